The SMILES string of the molecule is Brc1ccccc1C1(c2ccccc2)OC=CO1. The van der Waals surface area contributed by atoms with Crippen LogP contribution >= 0.6 is 15.9 Å². The Balaban J connectivity index is 2.17. The van der Waals surface area contributed by atoms with Gasteiger partial charge in [-0.2, -0.15) is 0 Å². The van der Waals surface area contributed by atoms with Crippen molar-refractivity contribution in [3.8, 4) is 0 Å². The second-order valence-corrected chi connectivity index (χ2v) is 4.82. The Morgan fingerprint density at radius 2 is 1.39 bits per heavy atom. The monoisotopic (exact) mass is 302 g/mol. The van der Waals surface area contributed by atoms with Crippen molar-refractivity contribution in [2.75, 3.05) is 0 Å². The first-order valence-electron chi connectivity index (χ1n) is 5.64. The zero-order valence-electron chi connectivity index (χ0n) is 9.55. The molecule has 0 aliphatic carbocycles. The summed E-state index contributed by atoms with van der Waals surface area (Å²) in [5.74, 6) is -0.888. The Hall–Kier alpha value is -1.74. The number of hydrogen-bond acceptors (Lipinski definition) is 2. The van der Waals surface area contributed by atoms with Crippen molar-refractivity contribution < 1.29 is 9.47 Å². The summed E-state index contributed by atoms with van der Waals surface area (Å²) < 4.78 is 12.5. The summed E-state index contributed by atoms with van der Waals surface area (Å²) in [6.45, 7) is 0. The fraction of sp³-hybridized carbons (Fsp3) is 0.0667. The molecule has 0 N–H and O–H groups in total. The van der Waals surface area contributed by atoms with Crippen LogP contribution in [0.4, 0.5) is 0 Å². The van der Waals surface area contributed by atoms with Crippen LogP contribution in [0, 0.1) is 0 Å². The number of ether oxygens (including phenoxy) is 2. The summed E-state index contributed by atoms with van der Waals surface area (Å²) in [6, 6.07) is 17.8. The Kier molecular flexibility index (Phi) is 2.84. The molecule has 18 heavy (non-hydrogen) atoms. The molecule has 0 saturated heterocycles. The molecule has 2 aromatic carbocycles. The molecule has 90 valence electrons. The topological polar surface area (TPSA) is 18.5 Å². The summed E-state index contributed by atoms with van der Waals surface area (Å²) >= 11 is 3.55. The number of hydrogen-bond donors (Lipinski definition) is 0. The summed E-state index contributed by atoms with van der Waals surface area (Å²) in [6.07, 6.45) is 3.15. The van der Waals surface area contributed by atoms with Gasteiger partial charge >= 0.3 is 5.79 Å². The van der Waals surface area contributed by atoms with Crippen molar-refractivity contribution in [2.45, 2.75) is 5.79 Å². The Morgan fingerprint density at radius 1 is 0.778 bits per heavy atom. The van der Waals surface area contributed by atoms with Gasteiger partial charge in [-0.25, -0.2) is 0 Å². The molecule has 0 atom stereocenters. The zero-order valence-corrected chi connectivity index (χ0v) is 11.1. The fourth-order valence-electron chi connectivity index (χ4n) is 2.08. The maximum atomic E-state index is 5.76. The molecule has 3 rings (SSSR count). The van der Waals surface area contributed by atoms with E-state index in [1.54, 1.807) is 12.5 Å². The fourth-order valence-corrected chi connectivity index (χ4v) is 2.62. The average molecular weight is 303 g/mol. The highest BCUT2D eigenvalue weighted by atomic mass is 79.9. The van der Waals surface area contributed by atoms with E-state index in [0.717, 1.165) is 15.6 Å². The van der Waals surface area contributed by atoms with Crippen molar-refractivity contribution in [3.05, 3.63) is 82.7 Å². The number of benzene rings is 2. The summed E-state index contributed by atoms with van der Waals surface area (Å²) in [5.41, 5.74) is 1.91. The van der Waals surface area contributed by atoms with Crippen molar-refractivity contribution in [1.82, 2.24) is 0 Å². The van der Waals surface area contributed by atoms with Crippen LogP contribution in [0.15, 0.2) is 71.6 Å². The molecule has 2 nitrogen and oxygen atoms in total. The molecule has 0 saturated carbocycles. The predicted molar refractivity (Wildman–Crippen MR) is 72.7 cm³/mol. The number of rotatable bonds is 2. The zero-order chi connectivity index (χ0) is 12.4. The van der Waals surface area contributed by atoms with Gasteiger partial charge in [-0.1, -0.05) is 58.4 Å². The standard InChI is InChI=1S/C15H11BrO2/c16-14-9-5-4-8-13(14)15(17-10-11-18-15)12-6-2-1-3-7-12/h1-11H. The third-order valence-corrected chi connectivity index (χ3v) is 3.60. The van der Waals surface area contributed by atoms with Gasteiger partial charge in [-0.05, 0) is 12.1 Å². The Labute approximate surface area is 114 Å². The van der Waals surface area contributed by atoms with Gasteiger partial charge < -0.3 is 9.47 Å². The summed E-state index contributed by atoms with van der Waals surface area (Å²) in [4.78, 5) is 0. The van der Waals surface area contributed by atoms with Crippen LogP contribution in [0.1, 0.15) is 11.1 Å². The molecular formula is C15H11BrO2. The average Bonchev–Trinajstić information content (AvgIpc) is 2.91. The summed E-state index contributed by atoms with van der Waals surface area (Å²) in [7, 11) is 0. The third-order valence-electron chi connectivity index (χ3n) is 2.91. The quantitative estimate of drug-likeness (QED) is 0.829. The van der Waals surface area contributed by atoms with E-state index < -0.39 is 5.79 Å². The van der Waals surface area contributed by atoms with Crippen molar-refractivity contribution in [3.63, 3.8) is 0 Å². The van der Waals surface area contributed by atoms with E-state index in [1.807, 2.05) is 54.6 Å². The second-order valence-electron chi connectivity index (χ2n) is 3.97. The second kappa shape index (κ2) is 4.50. The van der Waals surface area contributed by atoms with Crippen molar-refractivity contribution in [1.29, 1.82) is 0 Å². The highest BCUT2D eigenvalue weighted by Crippen LogP contribution is 2.41. The van der Waals surface area contributed by atoms with Crippen LogP contribution in [-0.2, 0) is 15.3 Å². The minimum atomic E-state index is -0.888. The van der Waals surface area contributed by atoms with Crippen LogP contribution in [0.3, 0.4) is 0 Å². The minimum absolute atomic E-state index is 0.888. The lowest BCUT2D eigenvalue weighted by molar-refractivity contribution is -0.113. The largest absolute Gasteiger partial charge is 0.449 e. The van der Waals surface area contributed by atoms with E-state index in [4.69, 9.17) is 9.47 Å². The molecule has 0 bridgehead atoms. The van der Waals surface area contributed by atoms with Crippen LogP contribution < -0.4 is 0 Å². The van der Waals surface area contributed by atoms with Gasteiger partial charge in [-0.15, -0.1) is 0 Å². The molecule has 1 aliphatic rings. The lowest BCUT2D eigenvalue weighted by Crippen LogP contribution is -2.28. The van der Waals surface area contributed by atoms with Crippen LogP contribution in [-0.4, -0.2) is 0 Å². The Bertz CT molecular complexity index is 570. The molecule has 3 heteroatoms. The first-order valence-corrected chi connectivity index (χ1v) is 6.43. The maximum Gasteiger partial charge on any atom is 0.305 e. The van der Waals surface area contributed by atoms with Gasteiger partial charge in [0.05, 0.1) is 5.56 Å². The summed E-state index contributed by atoms with van der Waals surface area (Å²) in [5, 5.41) is 0. The lowest BCUT2D eigenvalue weighted by Gasteiger charge is -2.29. The van der Waals surface area contributed by atoms with Crippen LogP contribution in [0.5, 0.6) is 0 Å². The smallest absolute Gasteiger partial charge is 0.305 e. The lowest BCUT2D eigenvalue weighted by atomic mass is 9.97. The molecule has 0 fully saturated rings. The third kappa shape index (κ3) is 1.71. The van der Waals surface area contributed by atoms with Gasteiger partial charge in [0, 0.05) is 10.0 Å². The molecule has 2 aromatic rings. The minimum Gasteiger partial charge on any atom is -0.449 e. The van der Waals surface area contributed by atoms with E-state index in [-0.39, 0.29) is 0 Å². The van der Waals surface area contributed by atoms with Gasteiger partial charge in [0.1, 0.15) is 12.5 Å². The molecule has 0 unspecified atom stereocenters. The molecule has 0 radical (unpaired) electrons. The van der Waals surface area contributed by atoms with Crippen molar-refractivity contribution in [2.24, 2.45) is 0 Å². The molecule has 1 heterocycles. The first-order chi connectivity index (χ1) is 8.83. The van der Waals surface area contributed by atoms with E-state index >= 15 is 0 Å². The van der Waals surface area contributed by atoms with E-state index in [9.17, 15) is 0 Å². The Morgan fingerprint density at radius 3 is 2.06 bits per heavy atom. The van der Waals surface area contributed by atoms with Gasteiger partial charge in [-0.3, -0.25) is 0 Å². The predicted octanol–water partition coefficient (Wildman–Crippen LogP) is 4.17. The molecule has 1 aliphatic heterocycles. The van der Waals surface area contributed by atoms with E-state index in [1.165, 1.54) is 0 Å². The molecule has 0 aromatic heterocycles. The first kappa shape index (κ1) is 11.4. The highest BCUT2D eigenvalue weighted by molar-refractivity contribution is 9.10. The highest BCUT2D eigenvalue weighted by Gasteiger charge is 2.41. The van der Waals surface area contributed by atoms with Gasteiger partial charge in [0.25, 0.3) is 0 Å². The maximum absolute atomic E-state index is 5.76. The van der Waals surface area contributed by atoms with Gasteiger partial charge in [0.2, 0.25) is 0 Å². The molecular weight excluding hydrogens is 292 g/mol. The van der Waals surface area contributed by atoms with Crippen molar-refractivity contribution >= 4 is 15.9 Å². The van der Waals surface area contributed by atoms with Gasteiger partial charge in [0.15, 0.2) is 0 Å². The van der Waals surface area contributed by atoms with E-state index in [2.05, 4.69) is 15.9 Å². The van der Waals surface area contributed by atoms with E-state index in [0.29, 0.717) is 0 Å². The molecule has 0 spiro atoms. The normalized spacial score (nSPS) is 16.1. The van der Waals surface area contributed by atoms with Crippen LogP contribution in [0.25, 0.3) is 0 Å². The van der Waals surface area contributed by atoms with Crippen LogP contribution in [0.2, 0.25) is 0 Å². The number of halogens is 1. The molecule has 0 amide bonds.